The molecule has 0 radical (unpaired) electrons. The van der Waals surface area contributed by atoms with Gasteiger partial charge in [-0.25, -0.2) is 4.90 Å². The van der Waals surface area contributed by atoms with Crippen molar-refractivity contribution >= 4 is 50.8 Å². The van der Waals surface area contributed by atoms with Crippen molar-refractivity contribution in [2.75, 3.05) is 11.5 Å². The molecule has 0 N–H and O–H groups in total. The Morgan fingerprint density at radius 2 is 1.67 bits per heavy atom. The molecular formula is C23H17BrClNO4. The second-order valence-corrected chi connectivity index (χ2v) is 9.19. The zero-order valence-electron chi connectivity index (χ0n) is 15.8. The molecular weight excluding hydrogens is 470 g/mol. The van der Waals surface area contributed by atoms with E-state index in [1.54, 1.807) is 42.5 Å². The number of carbonyl (C=O) groups is 3. The van der Waals surface area contributed by atoms with E-state index in [0.717, 1.165) is 10.9 Å². The van der Waals surface area contributed by atoms with Gasteiger partial charge in [-0.3, -0.25) is 14.4 Å². The van der Waals surface area contributed by atoms with Crippen LogP contribution in [0.4, 0.5) is 5.69 Å². The SMILES string of the molecule is O=C(COc1ccc(Cl)cc1N1C(=O)[C@H]2[C@H](C1=O)[C@H]1C=C[C@H]2C1)c1ccc(Br)cc1. The van der Waals surface area contributed by atoms with Gasteiger partial charge in [-0.05, 0) is 48.6 Å². The number of amides is 2. The number of hydrogen-bond acceptors (Lipinski definition) is 4. The number of benzene rings is 2. The second kappa shape index (κ2) is 7.36. The first-order valence-electron chi connectivity index (χ1n) is 9.71. The van der Waals surface area contributed by atoms with Crippen LogP contribution in [-0.2, 0) is 9.59 Å². The quantitative estimate of drug-likeness (QED) is 0.350. The van der Waals surface area contributed by atoms with E-state index in [0.29, 0.717) is 16.3 Å². The minimum atomic E-state index is -0.316. The molecule has 1 saturated heterocycles. The van der Waals surface area contributed by atoms with Gasteiger partial charge in [0.05, 0.1) is 17.5 Å². The maximum absolute atomic E-state index is 13.1. The van der Waals surface area contributed by atoms with Gasteiger partial charge in [-0.1, -0.05) is 51.8 Å². The van der Waals surface area contributed by atoms with Crippen molar-refractivity contribution in [3.05, 3.63) is 69.7 Å². The monoisotopic (exact) mass is 485 g/mol. The summed E-state index contributed by atoms with van der Waals surface area (Å²) in [6.45, 7) is -0.216. The molecule has 2 aromatic rings. The number of rotatable bonds is 5. The third-order valence-corrected chi connectivity index (χ3v) is 6.92. The lowest BCUT2D eigenvalue weighted by molar-refractivity contribution is -0.123. The van der Waals surface area contributed by atoms with E-state index in [1.165, 1.54) is 4.90 Å². The Labute approximate surface area is 186 Å². The fourth-order valence-electron chi connectivity index (χ4n) is 4.79. The largest absolute Gasteiger partial charge is 0.483 e. The van der Waals surface area contributed by atoms with Gasteiger partial charge in [0.15, 0.2) is 12.4 Å². The van der Waals surface area contributed by atoms with E-state index >= 15 is 0 Å². The first-order valence-corrected chi connectivity index (χ1v) is 10.9. The van der Waals surface area contributed by atoms with Crippen LogP contribution in [0.25, 0.3) is 0 Å². The number of hydrogen-bond donors (Lipinski definition) is 0. The fourth-order valence-corrected chi connectivity index (χ4v) is 5.22. The first kappa shape index (κ1) is 19.5. The van der Waals surface area contributed by atoms with Crippen molar-refractivity contribution in [3.63, 3.8) is 0 Å². The molecule has 2 amide bonds. The Morgan fingerprint density at radius 1 is 1.03 bits per heavy atom. The van der Waals surface area contributed by atoms with Crippen LogP contribution in [0.3, 0.4) is 0 Å². The summed E-state index contributed by atoms with van der Waals surface area (Å²) < 4.78 is 6.63. The predicted octanol–water partition coefficient (Wildman–Crippen LogP) is 4.68. The summed E-state index contributed by atoms with van der Waals surface area (Å²) in [5.41, 5.74) is 0.814. The maximum Gasteiger partial charge on any atom is 0.238 e. The molecule has 0 spiro atoms. The van der Waals surface area contributed by atoms with Crippen LogP contribution < -0.4 is 9.64 Å². The smallest absolute Gasteiger partial charge is 0.238 e. The molecule has 152 valence electrons. The molecule has 2 aromatic carbocycles. The van der Waals surface area contributed by atoms with Crippen molar-refractivity contribution < 1.29 is 19.1 Å². The lowest BCUT2D eigenvalue weighted by Crippen LogP contribution is -2.33. The van der Waals surface area contributed by atoms with Crippen LogP contribution in [-0.4, -0.2) is 24.2 Å². The van der Waals surface area contributed by atoms with E-state index in [-0.39, 0.29) is 53.6 Å². The highest BCUT2D eigenvalue weighted by Gasteiger charge is 2.59. The molecule has 5 rings (SSSR count). The Morgan fingerprint density at radius 3 is 2.30 bits per heavy atom. The topological polar surface area (TPSA) is 63.7 Å². The van der Waals surface area contributed by atoms with Gasteiger partial charge in [-0.2, -0.15) is 0 Å². The highest BCUT2D eigenvalue weighted by molar-refractivity contribution is 9.10. The predicted molar refractivity (Wildman–Crippen MR) is 116 cm³/mol. The van der Waals surface area contributed by atoms with Crippen molar-refractivity contribution in [3.8, 4) is 5.75 Å². The van der Waals surface area contributed by atoms with Gasteiger partial charge >= 0.3 is 0 Å². The third kappa shape index (κ3) is 3.10. The fraction of sp³-hybridized carbons (Fsp3) is 0.261. The molecule has 1 heterocycles. The Balaban J connectivity index is 1.41. The van der Waals surface area contributed by atoms with Gasteiger partial charge in [0.2, 0.25) is 11.8 Å². The number of carbonyl (C=O) groups excluding carboxylic acids is 3. The Bertz CT molecular complexity index is 1070. The molecule has 30 heavy (non-hydrogen) atoms. The van der Waals surface area contributed by atoms with E-state index in [2.05, 4.69) is 15.9 Å². The highest BCUT2D eigenvalue weighted by Crippen LogP contribution is 2.54. The van der Waals surface area contributed by atoms with Crippen LogP contribution in [0.1, 0.15) is 16.8 Å². The molecule has 1 aliphatic heterocycles. The number of imide groups is 1. The Kier molecular flexibility index (Phi) is 4.79. The molecule has 3 aliphatic rings. The van der Waals surface area contributed by atoms with E-state index in [1.807, 2.05) is 12.2 Å². The Hall–Kier alpha value is -2.44. The van der Waals surface area contributed by atoms with Gasteiger partial charge in [-0.15, -0.1) is 0 Å². The zero-order valence-corrected chi connectivity index (χ0v) is 18.1. The summed E-state index contributed by atoms with van der Waals surface area (Å²) in [5.74, 6) is -0.754. The molecule has 2 bridgehead atoms. The normalized spacial score (nSPS) is 26.4. The van der Waals surface area contributed by atoms with Crippen molar-refractivity contribution in [1.29, 1.82) is 0 Å². The van der Waals surface area contributed by atoms with Gasteiger partial charge in [0, 0.05) is 15.1 Å². The number of halogens is 2. The zero-order chi connectivity index (χ0) is 21.0. The van der Waals surface area contributed by atoms with Crippen LogP contribution in [0.15, 0.2) is 59.1 Å². The molecule has 2 fully saturated rings. The van der Waals surface area contributed by atoms with Crippen LogP contribution in [0, 0.1) is 23.7 Å². The number of anilines is 1. The number of ether oxygens (including phenoxy) is 1. The van der Waals surface area contributed by atoms with Crippen molar-refractivity contribution in [1.82, 2.24) is 0 Å². The van der Waals surface area contributed by atoms with Crippen molar-refractivity contribution in [2.45, 2.75) is 6.42 Å². The van der Waals surface area contributed by atoms with Crippen LogP contribution >= 0.6 is 27.5 Å². The molecule has 1 saturated carbocycles. The molecule has 4 atom stereocenters. The van der Waals surface area contributed by atoms with Gasteiger partial charge < -0.3 is 4.74 Å². The third-order valence-electron chi connectivity index (χ3n) is 6.16. The minimum absolute atomic E-state index is 0.115. The molecule has 0 unspecified atom stereocenters. The van der Waals surface area contributed by atoms with Crippen LogP contribution in [0.5, 0.6) is 5.75 Å². The number of Topliss-reactive ketones (excluding diaryl/α,β-unsaturated/α-hetero) is 1. The lowest BCUT2D eigenvalue weighted by Gasteiger charge is -2.21. The van der Waals surface area contributed by atoms with E-state index < -0.39 is 0 Å². The number of allylic oxidation sites excluding steroid dienone is 2. The molecule has 0 aromatic heterocycles. The van der Waals surface area contributed by atoms with Gasteiger partial charge in [0.1, 0.15) is 5.75 Å². The highest BCUT2D eigenvalue weighted by atomic mass is 79.9. The standard InChI is InChI=1S/C23H17BrClNO4/c24-15-5-3-12(4-6-15)18(27)11-30-19-8-7-16(25)10-17(19)26-22(28)20-13-1-2-14(9-13)21(20)23(26)29/h1-8,10,13-14,20-21H,9,11H2/t13-,14-,20+,21+/m0/s1. The number of ketones is 1. The van der Waals surface area contributed by atoms with Crippen molar-refractivity contribution in [2.24, 2.45) is 23.7 Å². The summed E-state index contributed by atoms with van der Waals surface area (Å²) in [4.78, 5) is 40.0. The number of fused-ring (bicyclic) bond motifs is 5. The summed E-state index contributed by atoms with van der Waals surface area (Å²) in [6, 6.07) is 11.7. The van der Waals surface area contributed by atoms with E-state index in [9.17, 15) is 14.4 Å². The summed E-state index contributed by atoms with van der Waals surface area (Å²) in [5, 5.41) is 0.385. The first-order chi connectivity index (χ1) is 14.4. The maximum atomic E-state index is 13.1. The van der Waals surface area contributed by atoms with E-state index in [4.69, 9.17) is 16.3 Å². The van der Waals surface area contributed by atoms with Gasteiger partial charge in [0.25, 0.3) is 0 Å². The average Bonchev–Trinajstić information content (AvgIpc) is 3.41. The lowest BCUT2D eigenvalue weighted by atomic mass is 9.85. The summed E-state index contributed by atoms with van der Waals surface area (Å²) in [6.07, 6.45) is 4.96. The second-order valence-electron chi connectivity index (χ2n) is 7.84. The summed E-state index contributed by atoms with van der Waals surface area (Å²) in [7, 11) is 0. The molecule has 5 nitrogen and oxygen atoms in total. The molecule has 2 aliphatic carbocycles. The molecule has 7 heteroatoms. The minimum Gasteiger partial charge on any atom is -0.483 e. The average molecular weight is 487 g/mol. The van der Waals surface area contributed by atoms with Crippen LogP contribution in [0.2, 0.25) is 5.02 Å². The summed E-state index contributed by atoms with van der Waals surface area (Å²) >= 11 is 9.51. The number of nitrogens with zero attached hydrogens (tertiary/aromatic N) is 1.